The molecule has 1 aliphatic rings. The van der Waals surface area contributed by atoms with Gasteiger partial charge in [-0.15, -0.1) is 0 Å². The summed E-state index contributed by atoms with van der Waals surface area (Å²) in [5, 5.41) is 0.516. The molecule has 2 N–H and O–H groups in total. The van der Waals surface area contributed by atoms with Crippen LogP contribution >= 0.6 is 0 Å². The molecule has 1 amide bonds. The van der Waals surface area contributed by atoms with Crippen molar-refractivity contribution in [2.24, 2.45) is 5.73 Å². The van der Waals surface area contributed by atoms with E-state index in [2.05, 4.69) is 4.84 Å². The molecule has 1 rings (SSSR count). The maximum absolute atomic E-state index is 12.1. The number of hydroxylamine groups is 2. The first kappa shape index (κ1) is 14.7. The van der Waals surface area contributed by atoms with Crippen molar-refractivity contribution in [2.45, 2.75) is 50.9 Å². The summed E-state index contributed by atoms with van der Waals surface area (Å²) >= 11 is 0. The van der Waals surface area contributed by atoms with E-state index in [1.165, 1.54) is 0 Å². The highest BCUT2D eigenvalue weighted by atomic mass is 19.4. The molecule has 18 heavy (non-hydrogen) atoms. The lowest BCUT2D eigenvalue weighted by molar-refractivity contribution is -0.244. The number of nitrogens with two attached hydrogens (primary N) is 1. The summed E-state index contributed by atoms with van der Waals surface area (Å²) < 4.78 is 36.2. The van der Waals surface area contributed by atoms with Gasteiger partial charge >= 0.3 is 12.1 Å². The molecule has 0 saturated heterocycles. The molecule has 0 unspecified atom stereocenters. The zero-order valence-electron chi connectivity index (χ0n) is 9.87. The predicted octanol–water partition coefficient (Wildman–Crippen LogP) is 1.13. The third-order valence-corrected chi connectivity index (χ3v) is 2.80. The van der Waals surface area contributed by atoms with E-state index in [-0.39, 0.29) is 6.04 Å². The van der Waals surface area contributed by atoms with Crippen molar-refractivity contribution >= 4 is 11.9 Å². The summed E-state index contributed by atoms with van der Waals surface area (Å²) in [5.74, 6) is -3.11. The molecule has 8 heteroatoms. The van der Waals surface area contributed by atoms with Crippen LogP contribution in [0.4, 0.5) is 13.2 Å². The first-order valence-electron chi connectivity index (χ1n) is 5.56. The van der Waals surface area contributed by atoms with Gasteiger partial charge in [0, 0.05) is 13.0 Å². The van der Waals surface area contributed by atoms with Gasteiger partial charge in [0.2, 0.25) is 0 Å². The fourth-order valence-electron chi connectivity index (χ4n) is 1.87. The predicted molar refractivity (Wildman–Crippen MR) is 54.9 cm³/mol. The SMILES string of the molecule is CC(=O)N(OC(=O)C(F)(F)F)C1CCC(N)CC1. The summed E-state index contributed by atoms with van der Waals surface area (Å²) in [6, 6.07) is -0.554. The van der Waals surface area contributed by atoms with Crippen LogP contribution in [-0.4, -0.2) is 35.2 Å². The molecule has 0 heterocycles. The van der Waals surface area contributed by atoms with Gasteiger partial charge in [-0.25, -0.2) is 4.79 Å². The highest BCUT2D eigenvalue weighted by Gasteiger charge is 2.44. The largest absolute Gasteiger partial charge is 0.493 e. The first-order chi connectivity index (χ1) is 8.21. The minimum Gasteiger partial charge on any atom is -0.329 e. The fourth-order valence-corrected chi connectivity index (χ4v) is 1.87. The summed E-state index contributed by atoms with van der Waals surface area (Å²) in [5.41, 5.74) is 5.65. The third kappa shape index (κ3) is 3.86. The lowest BCUT2D eigenvalue weighted by atomic mass is 9.91. The molecule has 0 bridgehead atoms. The van der Waals surface area contributed by atoms with Crippen LogP contribution in [0.5, 0.6) is 0 Å². The van der Waals surface area contributed by atoms with Crippen molar-refractivity contribution in [3.63, 3.8) is 0 Å². The normalized spacial score (nSPS) is 24.5. The number of nitrogens with zero attached hydrogens (tertiary/aromatic N) is 1. The highest BCUT2D eigenvalue weighted by Crippen LogP contribution is 2.25. The molecular weight excluding hydrogens is 253 g/mol. The van der Waals surface area contributed by atoms with Crippen molar-refractivity contribution < 1.29 is 27.6 Å². The van der Waals surface area contributed by atoms with Gasteiger partial charge in [0.05, 0.1) is 6.04 Å². The quantitative estimate of drug-likeness (QED) is 0.723. The average molecular weight is 268 g/mol. The van der Waals surface area contributed by atoms with Crippen LogP contribution in [0.25, 0.3) is 0 Å². The van der Waals surface area contributed by atoms with Crippen LogP contribution < -0.4 is 5.73 Å². The van der Waals surface area contributed by atoms with Crippen molar-refractivity contribution in [1.29, 1.82) is 0 Å². The molecule has 0 aromatic rings. The van der Waals surface area contributed by atoms with Gasteiger partial charge in [-0.1, -0.05) is 0 Å². The Bertz CT molecular complexity index is 325. The van der Waals surface area contributed by atoms with Crippen LogP contribution in [0.3, 0.4) is 0 Å². The second-order valence-corrected chi connectivity index (χ2v) is 4.29. The van der Waals surface area contributed by atoms with Gasteiger partial charge in [0.1, 0.15) is 0 Å². The second kappa shape index (κ2) is 5.55. The fraction of sp³-hybridized carbons (Fsp3) is 0.800. The number of alkyl halides is 3. The van der Waals surface area contributed by atoms with E-state index in [1.807, 2.05) is 0 Å². The topological polar surface area (TPSA) is 72.6 Å². The Morgan fingerprint density at radius 3 is 2.11 bits per heavy atom. The monoisotopic (exact) mass is 268 g/mol. The van der Waals surface area contributed by atoms with Crippen LogP contribution in [0, 0.1) is 0 Å². The molecule has 5 nitrogen and oxygen atoms in total. The molecule has 0 aromatic heterocycles. The Labute approximate surface area is 102 Å². The third-order valence-electron chi connectivity index (χ3n) is 2.80. The zero-order chi connectivity index (χ0) is 13.9. The minimum atomic E-state index is -5.11. The summed E-state index contributed by atoms with van der Waals surface area (Å²) in [4.78, 5) is 26.1. The standard InChI is InChI=1S/C10H15F3N2O3/c1-6(16)15(18-9(17)10(11,12)13)8-4-2-7(14)3-5-8/h7-8H,2-5,14H2,1H3. The summed E-state index contributed by atoms with van der Waals surface area (Å²) in [6.45, 7) is 1.05. The number of hydrogen-bond donors (Lipinski definition) is 1. The lowest BCUT2D eigenvalue weighted by Gasteiger charge is -2.33. The maximum atomic E-state index is 12.1. The van der Waals surface area contributed by atoms with Gasteiger partial charge in [0.15, 0.2) is 0 Å². The number of carbonyl (C=O) groups excluding carboxylic acids is 2. The van der Waals surface area contributed by atoms with E-state index in [0.717, 1.165) is 6.92 Å². The van der Waals surface area contributed by atoms with Crippen molar-refractivity contribution in [3.05, 3.63) is 0 Å². The van der Waals surface area contributed by atoms with Crippen molar-refractivity contribution in [2.75, 3.05) is 0 Å². The molecule has 104 valence electrons. The van der Waals surface area contributed by atoms with Crippen molar-refractivity contribution in [1.82, 2.24) is 5.06 Å². The number of halogens is 3. The van der Waals surface area contributed by atoms with E-state index in [4.69, 9.17) is 5.73 Å². The van der Waals surface area contributed by atoms with Crippen LogP contribution in [0.2, 0.25) is 0 Å². The molecule has 0 aromatic carbocycles. The Kier molecular flexibility index (Phi) is 4.55. The van der Waals surface area contributed by atoms with Gasteiger partial charge in [-0.2, -0.15) is 18.2 Å². The smallest absolute Gasteiger partial charge is 0.329 e. The molecule has 0 atom stereocenters. The average Bonchev–Trinajstić information content (AvgIpc) is 2.25. The van der Waals surface area contributed by atoms with Gasteiger partial charge in [-0.3, -0.25) is 4.79 Å². The maximum Gasteiger partial charge on any atom is 0.493 e. The van der Waals surface area contributed by atoms with Crippen LogP contribution in [0.15, 0.2) is 0 Å². The van der Waals surface area contributed by atoms with Crippen LogP contribution in [-0.2, 0) is 14.4 Å². The van der Waals surface area contributed by atoms with Gasteiger partial charge in [-0.05, 0) is 25.7 Å². The summed E-state index contributed by atoms with van der Waals surface area (Å²) in [7, 11) is 0. The van der Waals surface area contributed by atoms with E-state index < -0.39 is 24.1 Å². The minimum absolute atomic E-state index is 0.0200. The number of hydrogen-bond acceptors (Lipinski definition) is 4. The molecule has 0 spiro atoms. The Morgan fingerprint density at radius 1 is 1.22 bits per heavy atom. The molecular formula is C10H15F3N2O3. The number of rotatable bonds is 1. The van der Waals surface area contributed by atoms with E-state index >= 15 is 0 Å². The molecule has 1 fully saturated rings. The number of carbonyl (C=O) groups is 2. The van der Waals surface area contributed by atoms with E-state index in [1.54, 1.807) is 0 Å². The number of amides is 1. The molecule has 0 radical (unpaired) electrons. The molecule has 0 aliphatic heterocycles. The van der Waals surface area contributed by atoms with Crippen LogP contribution in [0.1, 0.15) is 32.6 Å². The van der Waals surface area contributed by atoms with E-state index in [9.17, 15) is 22.8 Å². The molecule has 1 saturated carbocycles. The van der Waals surface area contributed by atoms with Crippen molar-refractivity contribution in [3.8, 4) is 0 Å². The summed E-state index contributed by atoms with van der Waals surface area (Å²) in [6.07, 6.45) is -3.10. The Balaban J connectivity index is 2.66. The highest BCUT2D eigenvalue weighted by molar-refractivity contribution is 5.79. The van der Waals surface area contributed by atoms with E-state index in [0.29, 0.717) is 30.7 Å². The Morgan fingerprint density at radius 2 is 1.72 bits per heavy atom. The molecule has 1 aliphatic carbocycles. The lowest BCUT2D eigenvalue weighted by Crippen LogP contribution is -2.46. The first-order valence-corrected chi connectivity index (χ1v) is 5.56. The van der Waals surface area contributed by atoms with Gasteiger partial charge in [0.25, 0.3) is 5.91 Å². The zero-order valence-corrected chi connectivity index (χ0v) is 9.87. The van der Waals surface area contributed by atoms with Gasteiger partial charge < -0.3 is 10.6 Å². The second-order valence-electron chi connectivity index (χ2n) is 4.29. The Hall–Kier alpha value is -1.31.